The third kappa shape index (κ3) is 5.60. The molecule has 0 aromatic heterocycles. The van der Waals surface area contributed by atoms with Gasteiger partial charge in [-0.3, -0.25) is 0 Å². The summed E-state index contributed by atoms with van der Waals surface area (Å²) in [6.07, 6.45) is 5.40. The molecule has 0 amide bonds. The molecule has 0 aliphatic heterocycles. The first-order chi connectivity index (χ1) is 9.77. The summed E-state index contributed by atoms with van der Waals surface area (Å²) in [4.78, 5) is 0.245. The van der Waals surface area contributed by atoms with Crippen molar-refractivity contribution in [3.8, 4) is 0 Å². The Morgan fingerprint density at radius 1 is 1.29 bits per heavy atom. The summed E-state index contributed by atoms with van der Waals surface area (Å²) in [5.74, 6) is 0. The Balaban J connectivity index is 2.78. The van der Waals surface area contributed by atoms with Crippen LogP contribution in [0, 0.1) is 6.92 Å². The van der Waals surface area contributed by atoms with Crippen molar-refractivity contribution in [1.29, 1.82) is 0 Å². The third-order valence-electron chi connectivity index (χ3n) is 3.50. The van der Waals surface area contributed by atoms with E-state index in [0.717, 1.165) is 19.3 Å². The number of benzene rings is 1. The van der Waals surface area contributed by atoms with Crippen molar-refractivity contribution in [2.24, 2.45) is 0 Å². The molecular weight excluding hydrogens is 352 g/mol. The first-order valence-electron chi connectivity index (χ1n) is 7.36. The van der Waals surface area contributed by atoms with Gasteiger partial charge in [-0.05, 0) is 38.0 Å². The van der Waals surface area contributed by atoms with Gasteiger partial charge in [0.1, 0.15) is 0 Å². The number of nitrogen functional groups attached to an aromatic ring is 1. The van der Waals surface area contributed by atoms with E-state index in [9.17, 15) is 8.42 Å². The van der Waals surface area contributed by atoms with E-state index in [0.29, 0.717) is 15.7 Å². The van der Waals surface area contributed by atoms with Gasteiger partial charge in [0.05, 0.1) is 4.90 Å². The van der Waals surface area contributed by atoms with Crippen LogP contribution in [0.2, 0.25) is 0 Å². The van der Waals surface area contributed by atoms with Crippen molar-refractivity contribution in [3.63, 3.8) is 0 Å². The fourth-order valence-electron chi connectivity index (χ4n) is 2.22. The van der Waals surface area contributed by atoms with Gasteiger partial charge in [-0.15, -0.1) is 0 Å². The third-order valence-corrected chi connectivity index (χ3v) is 5.68. The molecule has 0 saturated heterocycles. The molecule has 1 aromatic carbocycles. The molecule has 0 radical (unpaired) electrons. The van der Waals surface area contributed by atoms with Crippen LogP contribution in [0.3, 0.4) is 0 Å². The summed E-state index contributed by atoms with van der Waals surface area (Å²) >= 11 is 3.29. The summed E-state index contributed by atoms with van der Waals surface area (Å²) in [6, 6.07) is 3.23. The average Bonchev–Trinajstić information content (AvgIpc) is 2.38. The van der Waals surface area contributed by atoms with Crippen molar-refractivity contribution in [2.45, 2.75) is 63.8 Å². The molecule has 0 fully saturated rings. The van der Waals surface area contributed by atoms with Crippen LogP contribution in [0.5, 0.6) is 0 Å². The van der Waals surface area contributed by atoms with Crippen molar-refractivity contribution in [1.82, 2.24) is 4.72 Å². The summed E-state index contributed by atoms with van der Waals surface area (Å²) < 4.78 is 28.3. The number of unbranched alkanes of at least 4 members (excludes halogenated alkanes) is 3. The SMILES string of the molecule is CCCCCCC(C)NS(=O)(=O)c1cc(Br)cc(N)c1C. The van der Waals surface area contributed by atoms with E-state index < -0.39 is 10.0 Å². The molecule has 3 N–H and O–H groups in total. The molecule has 21 heavy (non-hydrogen) atoms. The molecule has 0 aliphatic carbocycles. The van der Waals surface area contributed by atoms with Gasteiger partial charge in [0.25, 0.3) is 0 Å². The van der Waals surface area contributed by atoms with Crippen LogP contribution in [0.4, 0.5) is 5.69 Å². The lowest BCUT2D eigenvalue weighted by atomic mass is 10.1. The molecular formula is C15H25BrN2O2S. The predicted molar refractivity (Wildman–Crippen MR) is 91.8 cm³/mol. The van der Waals surface area contributed by atoms with Gasteiger partial charge in [0, 0.05) is 16.2 Å². The van der Waals surface area contributed by atoms with Gasteiger partial charge in [-0.1, -0.05) is 48.5 Å². The molecule has 1 rings (SSSR count). The number of anilines is 1. The predicted octanol–water partition coefficient (Wildman–Crippen LogP) is 3.98. The van der Waals surface area contributed by atoms with Crippen LogP contribution >= 0.6 is 15.9 Å². The zero-order chi connectivity index (χ0) is 16.0. The second kappa shape index (κ2) is 8.15. The van der Waals surface area contributed by atoms with E-state index in [-0.39, 0.29) is 10.9 Å². The second-order valence-corrected chi connectivity index (χ2v) is 8.09. The maximum absolute atomic E-state index is 12.5. The zero-order valence-electron chi connectivity index (χ0n) is 12.9. The monoisotopic (exact) mass is 376 g/mol. The molecule has 4 nitrogen and oxygen atoms in total. The van der Waals surface area contributed by atoms with Crippen molar-refractivity contribution < 1.29 is 8.42 Å². The number of sulfonamides is 1. The highest BCUT2D eigenvalue weighted by molar-refractivity contribution is 9.10. The molecule has 120 valence electrons. The van der Waals surface area contributed by atoms with Gasteiger partial charge in [-0.2, -0.15) is 0 Å². The lowest BCUT2D eigenvalue weighted by Gasteiger charge is -2.16. The Morgan fingerprint density at radius 2 is 1.95 bits per heavy atom. The number of hydrogen-bond donors (Lipinski definition) is 2. The topological polar surface area (TPSA) is 72.2 Å². The van der Waals surface area contributed by atoms with Gasteiger partial charge < -0.3 is 5.73 Å². The molecule has 1 atom stereocenters. The zero-order valence-corrected chi connectivity index (χ0v) is 15.4. The second-order valence-electron chi connectivity index (χ2n) is 5.49. The highest BCUT2D eigenvalue weighted by Gasteiger charge is 2.21. The molecule has 0 aliphatic rings. The largest absolute Gasteiger partial charge is 0.398 e. The van der Waals surface area contributed by atoms with Gasteiger partial charge in [0.15, 0.2) is 0 Å². The van der Waals surface area contributed by atoms with Crippen LogP contribution in [-0.4, -0.2) is 14.5 Å². The Labute approximate surface area is 136 Å². The van der Waals surface area contributed by atoms with Crippen molar-refractivity contribution >= 4 is 31.6 Å². The summed E-state index contributed by atoms with van der Waals surface area (Å²) in [5, 5.41) is 0. The van der Waals surface area contributed by atoms with E-state index in [1.807, 2.05) is 6.92 Å². The summed E-state index contributed by atoms with van der Waals surface area (Å²) in [6.45, 7) is 5.79. The van der Waals surface area contributed by atoms with Crippen molar-refractivity contribution in [3.05, 3.63) is 22.2 Å². The van der Waals surface area contributed by atoms with E-state index in [4.69, 9.17) is 5.73 Å². The molecule has 0 saturated carbocycles. The minimum Gasteiger partial charge on any atom is -0.398 e. The van der Waals surface area contributed by atoms with E-state index in [1.165, 1.54) is 12.8 Å². The molecule has 0 spiro atoms. The fourth-order valence-corrected chi connectivity index (χ4v) is 4.42. The van der Waals surface area contributed by atoms with Gasteiger partial charge in [-0.25, -0.2) is 13.1 Å². The minimum atomic E-state index is -3.54. The maximum atomic E-state index is 12.5. The van der Waals surface area contributed by atoms with Crippen molar-refractivity contribution in [2.75, 3.05) is 5.73 Å². The number of nitrogens with two attached hydrogens (primary N) is 1. The highest BCUT2D eigenvalue weighted by Crippen LogP contribution is 2.26. The highest BCUT2D eigenvalue weighted by atomic mass is 79.9. The Kier molecular flexibility index (Phi) is 7.16. The molecule has 0 bridgehead atoms. The first kappa shape index (κ1) is 18.5. The molecule has 1 aromatic rings. The van der Waals surface area contributed by atoms with E-state index in [1.54, 1.807) is 19.1 Å². The Bertz CT molecular complexity index is 573. The quantitative estimate of drug-likeness (QED) is 0.532. The lowest BCUT2D eigenvalue weighted by molar-refractivity contribution is 0.521. The maximum Gasteiger partial charge on any atom is 0.241 e. The van der Waals surface area contributed by atoms with Crippen LogP contribution in [0.25, 0.3) is 0 Å². The molecule has 0 heterocycles. The summed E-state index contributed by atoms with van der Waals surface area (Å²) in [5.41, 5.74) is 6.90. The summed E-state index contributed by atoms with van der Waals surface area (Å²) in [7, 11) is -3.54. The van der Waals surface area contributed by atoms with Gasteiger partial charge in [0.2, 0.25) is 10.0 Å². The van der Waals surface area contributed by atoms with Crippen LogP contribution in [-0.2, 0) is 10.0 Å². The first-order valence-corrected chi connectivity index (χ1v) is 9.63. The van der Waals surface area contributed by atoms with Crippen LogP contribution in [0.15, 0.2) is 21.5 Å². The van der Waals surface area contributed by atoms with Crippen LogP contribution < -0.4 is 10.5 Å². The van der Waals surface area contributed by atoms with Gasteiger partial charge >= 0.3 is 0 Å². The fraction of sp³-hybridized carbons (Fsp3) is 0.600. The Hall–Kier alpha value is -0.590. The smallest absolute Gasteiger partial charge is 0.241 e. The van der Waals surface area contributed by atoms with Crippen LogP contribution in [0.1, 0.15) is 51.5 Å². The van der Waals surface area contributed by atoms with E-state index >= 15 is 0 Å². The standard InChI is InChI=1S/C15H25BrN2O2S/c1-4-5-6-7-8-11(2)18-21(19,20)15-10-13(16)9-14(17)12(15)3/h9-11,18H,4-8,17H2,1-3H3. The molecule has 6 heteroatoms. The lowest BCUT2D eigenvalue weighted by Crippen LogP contribution is -2.33. The number of rotatable bonds is 8. The molecule has 1 unspecified atom stereocenters. The Morgan fingerprint density at radius 3 is 2.57 bits per heavy atom. The average molecular weight is 377 g/mol. The number of nitrogens with one attached hydrogen (secondary N) is 1. The van der Waals surface area contributed by atoms with E-state index in [2.05, 4.69) is 27.6 Å². The minimum absolute atomic E-state index is 0.0773. The normalized spacial score (nSPS) is 13.3. The number of hydrogen-bond acceptors (Lipinski definition) is 3. The number of halogens is 1.